The van der Waals surface area contributed by atoms with Gasteiger partial charge in [0.1, 0.15) is 29.0 Å². The molecule has 17 heavy (non-hydrogen) atoms. The number of hydrogen-bond donors (Lipinski definition) is 3. The van der Waals surface area contributed by atoms with Gasteiger partial charge in [-0.1, -0.05) is 6.92 Å². The van der Waals surface area contributed by atoms with E-state index in [9.17, 15) is 15.0 Å². The van der Waals surface area contributed by atoms with Gasteiger partial charge in [0.2, 0.25) is 0 Å². The molecule has 4 atom stereocenters. The SMILES string of the molecule is CC[C@H]1O[C@@H](c2nc(C(N)=O)cs2)C(O)[C@H]1O. The van der Waals surface area contributed by atoms with Crippen molar-refractivity contribution in [2.24, 2.45) is 5.73 Å². The van der Waals surface area contributed by atoms with Gasteiger partial charge in [-0.2, -0.15) is 0 Å². The highest BCUT2D eigenvalue weighted by Crippen LogP contribution is 2.35. The molecule has 2 rings (SSSR count). The standard InChI is InChI=1S/C10H14N2O4S/c1-2-5-6(13)7(14)8(16-5)10-12-4(3-17-10)9(11)15/h3,5-8,13-14H,2H2,1H3,(H2,11,15)/t5-,6+,7?,8-/m1/s1. The van der Waals surface area contributed by atoms with Gasteiger partial charge in [0.15, 0.2) is 0 Å². The summed E-state index contributed by atoms with van der Waals surface area (Å²) in [6.45, 7) is 1.86. The first-order chi connectivity index (χ1) is 8.04. The summed E-state index contributed by atoms with van der Waals surface area (Å²) >= 11 is 1.19. The normalized spacial score (nSPS) is 32.9. The number of rotatable bonds is 3. The van der Waals surface area contributed by atoms with Gasteiger partial charge in [0.25, 0.3) is 5.91 Å². The fourth-order valence-corrected chi connectivity index (χ4v) is 2.70. The fourth-order valence-electron chi connectivity index (χ4n) is 1.82. The Bertz CT molecular complexity index is 422. The summed E-state index contributed by atoms with van der Waals surface area (Å²) < 4.78 is 5.51. The molecular weight excluding hydrogens is 244 g/mol. The Balaban J connectivity index is 2.19. The fraction of sp³-hybridized carbons (Fsp3) is 0.600. The molecule has 0 radical (unpaired) electrons. The average Bonchev–Trinajstić information content (AvgIpc) is 2.87. The second-order valence-corrected chi connectivity index (χ2v) is 4.81. The van der Waals surface area contributed by atoms with Crippen molar-refractivity contribution in [2.45, 2.75) is 37.8 Å². The molecule has 0 aliphatic carbocycles. The molecule has 1 unspecified atom stereocenters. The number of carbonyl (C=O) groups excluding carboxylic acids is 1. The highest BCUT2D eigenvalue weighted by molar-refractivity contribution is 7.09. The van der Waals surface area contributed by atoms with Crippen molar-refractivity contribution >= 4 is 17.2 Å². The third-order valence-electron chi connectivity index (χ3n) is 2.78. The van der Waals surface area contributed by atoms with Gasteiger partial charge in [-0.3, -0.25) is 4.79 Å². The van der Waals surface area contributed by atoms with Gasteiger partial charge in [0.05, 0.1) is 6.10 Å². The third-order valence-corrected chi connectivity index (χ3v) is 3.69. The second kappa shape index (κ2) is 4.69. The van der Waals surface area contributed by atoms with Crippen LogP contribution in [0.3, 0.4) is 0 Å². The lowest BCUT2D eigenvalue weighted by atomic mass is 10.1. The van der Waals surface area contributed by atoms with E-state index >= 15 is 0 Å². The lowest BCUT2D eigenvalue weighted by Crippen LogP contribution is -2.29. The number of carbonyl (C=O) groups is 1. The van der Waals surface area contributed by atoms with E-state index in [2.05, 4.69) is 4.98 Å². The number of hydrogen-bond acceptors (Lipinski definition) is 6. The van der Waals surface area contributed by atoms with Gasteiger partial charge in [0, 0.05) is 5.38 Å². The summed E-state index contributed by atoms with van der Waals surface area (Å²) in [5.41, 5.74) is 5.24. The molecule has 0 saturated carbocycles. The Kier molecular flexibility index (Phi) is 3.43. The number of nitrogens with two attached hydrogens (primary N) is 1. The molecule has 1 aromatic rings. The lowest BCUT2D eigenvalue weighted by molar-refractivity contribution is 0.00543. The van der Waals surface area contributed by atoms with Crippen LogP contribution in [0.4, 0.5) is 0 Å². The quantitative estimate of drug-likeness (QED) is 0.697. The first-order valence-corrected chi connectivity index (χ1v) is 6.19. The summed E-state index contributed by atoms with van der Waals surface area (Å²) in [6.07, 6.45) is -2.44. The van der Waals surface area contributed by atoms with Gasteiger partial charge in [-0.25, -0.2) is 4.98 Å². The van der Waals surface area contributed by atoms with Gasteiger partial charge in [-0.05, 0) is 6.42 Å². The van der Waals surface area contributed by atoms with Crippen LogP contribution in [0.2, 0.25) is 0 Å². The van der Waals surface area contributed by atoms with E-state index in [1.165, 1.54) is 16.7 Å². The Morgan fingerprint density at radius 3 is 2.76 bits per heavy atom. The molecule has 0 aromatic carbocycles. The molecule has 94 valence electrons. The van der Waals surface area contributed by atoms with Gasteiger partial charge in [-0.15, -0.1) is 11.3 Å². The van der Waals surface area contributed by atoms with Crippen molar-refractivity contribution in [3.05, 3.63) is 16.1 Å². The summed E-state index contributed by atoms with van der Waals surface area (Å²) in [5, 5.41) is 21.5. The molecular formula is C10H14N2O4S. The summed E-state index contributed by atoms with van der Waals surface area (Å²) in [4.78, 5) is 14.9. The Morgan fingerprint density at radius 1 is 1.59 bits per heavy atom. The topological polar surface area (TPSA) is 106 Å². The number of ether oxygens (including phenoxy) is 1. The molecule has 0 bridgehead atoms. The minimum atomic E-state index is -1.02. The molecule has 1 aliphatic heterocycles. The van der Waals surface area contributed by atoms with E-state index < -0.39 is 30.3 Å². The number of nitrogens with zero attached hydrogens (tertiary/aromatic N) is 1. The zero-order chi connectivity index (χ0) is 12.6. The number of amides is 1. The summed E-state index contributed by atoms with van der Waals surface area (Å²) in [6, 6.07) is 0. The molecule has 7 heteroatoms. The van der Waals surface area contributed by atoms with Crippen LogP contribution in [0.5, 0.6) is 0 Å². The lowest BCUT2D eigenvalue weighted by Gasteiger charge is -2.11. The molecule has 4 N–H and O–H groups in total. The first-order valence-electron chi connectivity index (χ1n) is 5.31. The third kappa shape index (κ3) is 2.19. The molecule has 6 nitrogen and oxygen atoms in total. The van der Waals surface area contributed by atoms with Crippen LogP contribution in [0, 0.1) is 0 Å². The van der Waals surface area contributed by atoms with Crippen LogP contribution in [0.25, 0.3) is 0 Å². The zero-order valence-corrected chi connectivity index (χ0v) is 10.1. The molecule has 2 heterocycles. The zero-order valence-electron chi connectivity index (χ0n) is 9.24. The highest BCUT2D eigenvalue weighted by atomic mass is 32.1. The van der Waals surface area contributed by atoms with Crippen LogP contribution in [-0.4, -0.2) is 39.4 Å². The molecule has 1 aromatic heterocycles. The summed E-state index contributed by atoms with van der Waals surface area (Å²) in [5.74, 6) is -0.618. The van der Waals surface area contributed by atoms with Crippen LogP contribution in [0.15, 0.2) is 5.38 Å². The van der Waals surface area contributed by atoms with Crippen molar-refractivity contribution in [1.29, 1.82) is 0 Å². The van der Waals surface area contributed by atoms with Crippen molar-refractivity contribution in [3.8, 4) is 0 Å². The van der Waals surface area contributed by atoms with Crippen LogP contribution < -0.4 is 5.73 Å². The number of aliphatic hydroxyl groups excluding tert-OH is 2. The predicted molar refractivity (Wildman–Crippen MR) is 60.6 cm³/mol. The Morgan fingerprint density at radius 2 is 2.29 bits per heavy atom. The molecule has 1 aliphatic rings. The number of thiazole rings is 1. The maximum Gasteiger partial charge on any atom is 0.268 e. The van der Waals surface area contributed by atoms with E-state index in [0.29, 0.717) is 11.4 Å². The molecule has 0 spiro atoms. The monoisotopic (exact) mass is 258 g/mol. The maximum absolute atomic E-state index is 10.9. The van der Waals surface area contributed by atoms with Gasteiger partial charge >= 0.3 is 0 Å². The maximum atomic E-state index is 10.9. The van der Waals surface area contributed by atoms with Crippen molar-refractivity contribution in [3.63, 3.8) is 0 Å². The van der Waals surface area contributed by atoms with Crippen LogP contribution in [-0.2, 0) is 4.74 Å². The predicted octanol–water partition coefficient (Wildman–Crippen LogP) is -0.186. The van der Waals surface area contributed by atoms with Gasteiger partial charge < -0.3 is 20.7 Å². The van der Waals surface area contributed by atoms with Crippen LogP contribution in [0.1, 0.15) is 34.9 Å². The Hall–Kier alpha value is -1.02. The second-order valence-electron chi connectivity index (χ2n) is 3.92. The molecule has 1 fully saturated rings. The van der Waals surface area contributed by atoms with Crippen molar-refractivity contribution in [1.82, 2.24) is 4.98 Å². The van der Waals surface area contributed by atoms with E-state index in [0.717, 1.165) is 0 Å². The largest absolute Gasteiger partial charge is 0.388 e. The van der Waals surface area contributed by atoms with E-state index in [-0.39, 0.29) is 5.69 Å². The van der Waals surface area contributed by atoms with E-state index in [4.69, 9.17) is 10.5 Å². The smallest absolute Gasteiger partial charge is 0.268 e. The number of aliphatic hydroxyl groups is 2. The van der Waals surface area contributed by atoms with Crippen molar-refractivity contribution in [2.75, 3.05) is 0 Å². The summed E-state index contributed by atoms with van der Waals surface area (Å²) in [7, 11) is 0. The van der Waals surface area contributed by atoms with E-state index in [1.807, 2.05) is 6.92 Å². The average molecular weight is 258 g/mol. The first kappa shape index (κ1) is 12.4. The minimum Gasteiger partial charge on any atom is -0.388 e. The van der Waals surface area contributed by atoms with Crippen LogP contribution >= 0.6 is 11.3 Å². The molecule has 1 amide bonds. The molecule has 1 saturated heterocycles. The Labute approximate surface area is 102 Å². The highest BCUT2D eigenvalue weighted by Gasteiger charge is 2.43. The minimum absolute atomic E-state index is 0.148. The number of aromatic nitrogens is 1. The number of primary amides is 1. The van der Waals surface area contributed by atoms with Crippen molar-refractivity contribution < 1.29 is 19.7 Å². The van der Waals surface area contributed by atoms with E-state index in [1.54, 1.807) is 0 Å².